The average Bonchev–Trinajstić information content (AvgIpc) is 3.13. The van der Waals surface area contributed by atoms with Gasteiger partial charge in [0.05, 0.1) is 5.56 Å². The molecule has 29 heavy (non-hydrogen) atoms. The second-order valence-corrected chi connectivity index (χ2v) is 7.23. The molecule has 6 rings (SSSR count). The summed E-state index contributed by atoms with van der Waals surface area (Å²) in [5, 5.41) is 0. The van der Waals surface area contributed by atoms with Crippen LogP contribution < -0.4 is 9.47 Å². The summed E-state index contributed by atoms with van der Waals surface area (Å²) >= 11 is 0. The van der Waals surface area contributed by atoms with Crippen LogP contribution in [0, 0.1) is 0 Å². The Kier molecular flexibility index (Phi) is 3.21. The number of para-hydroxylation sites is 1. The Morgan fingerprint density at radius 1 is 0.931 bits per heavy atom. The van der Waals surface area contributed by atoms with E-state index in [0.717, 1.165) is 28.0 Å². The molecule has 0 bridgehead atoms. The zero-order chi connectivity index (χ0) is 19.4. The van der Waals surface area contributed by atoms with Crippen molar-refractivity contribution in [2.24, 2.45) is 4.99 Å². The van der Waals surface area contributed by atoms with Gasteiger partial charge in [-0.25, -0.2) is 4.99 Å². The second-order valence-electron chi connectivity index (χ2n) is 7.23. The number of hydrogen-bond acceptors (Lipinski definition) is 3. The first-order valence-corrected chi connectivity index (χ1v) is 9.42. The van der Waals surface area contributed by atoms with Crippen LogP contribution >= 0.6 is 0 Å². The van der Waals surface area contributed by atoms with Crippen LogP contribution in [0.3, 0.4) is 0 Å². The van der Waals surface area contributed by atoms with E-state index in [-0.39, 0.29) is 5.91 Å². The topological polar surface area (TPSA) is 47.9 Å². The molecule has 0 saturated heterocycles. The molecule has 1 amide bonds. The standard InChI is InChI=1S/C25H15NO3/c27-24-22-17(15-26-24)10-9-16-13-19-6-4-5-18-11-12-21(14-25(18,19)29-23(16)22)28-20-7-2-1-3-8-20/h1-15H. The maximum atomic E-state index is 12.4. The summed E-state index contributed by atoms with van der Waals surface area (Å²) in [6.07, 6.45) is 15.6. The zero-order valence-electron chi connectivity index (χ0n) is 15.3. The fourth-order valence-corrected chi connectivity index (χ4v) is 4.11. The molecular weight excluding hydrogens is 362 g/mol. The van der Waals surface area contributed by atoms with E-state index in [0.29, 0.717) is 17.1 Å². The number of aliphatic imine (C=N–C) groups is 1. The van der Waals surface area contributed by atoms with Crippen molar-refractivity contribution in [3.05, 3.63) is 113 Å². The van der Waals surface area contributed by atoms with Gasteiger partial charge in [0.15, 0.2) is 5.60 Å². The number of allylic oxidation sites excluding steroid dienone is 3. The molecule has 0 aromatic heterocycles. The molecule has 2 aromatic rings. The van der Waals surface area contributed by atoms with Crippen molar-refractivity contribution in [1.82, 2.24) is 0 Å². The fourth-order valence-electron chi connectivity index (χ4n) is 4.11. The monoisotopic (exact) mass is 377 g/mol. The van der Waals surface area contributed by atoms with E-state index in [1.807, 2.05) is 78.9 Å². The number of hydrogen-bond donors (Lipinski definition) is 0. The molecule has 2 aliphatic heterocycles. The maximum Gasteiger partial charge on any atom is 0.281 e. The first-order chi connectivity index (χ1) is 14.2. The van der Waals surface area contributed by atoms with E-state index < -0.39 is 5.60 Å². The molecule has 0 N–H and O–H groups in total. The first kappa shape index (κ1) is 16.1. The second kappa shape index (κ2) is 5.79. The highest BCUT2D eigenvalue weighted by Crippen LogP contribution is 2.48. The van der Waals surface area contributed by atoms with Gasteiger partial charge < -0.3 is 9.47 Å². The molecule has 0 fully saturated rings. The largest absolute Gasteiger partial charge is 0.472 e. The Labute approximate surface area is 167 Å². The molecule has 1 atom stereocenters. The number of benzene rings is 2. The molecule has 138 valence electrons. The molecule has 1 unspecified atom stereocenters. The van der Waals surface area contributed by atoms with Crippen LogP contribution in [0.4, 0.5) is 0 Å². The minimum atomic E-state index is -0.835. The minimum absolute atomic E-state index is 0.266. The van der Waals surface area contributed by atoms with Gasteiger partial charge in [-0.05, 0) is 24.3 Å². The molecule has 4 heteroatoms. The number of carbonyl (C=O) groups is 1. The average molecular weight is 377 g/mol. The van der Waals surface area contributed by atoms with Gasteiger partial charge in [-0.3, -0.25) is 4.79 Å². The lowest BCUT2D eigenvalue weighted by atomic mass is 9.76. The Hall–Kier alpha value is -3.92. The molecule has 2 aliphatic carbocycles. The Balaban J connectivity index is 1.50. The quantitative estimate of drug-likeness (QED) is 0.755. The van der Waals surface area contributed by atoms with E-state index >= 15 is 0 Å². The summed E-state index contributed by atoms with van der Waals surface area (Å²) in [4.78, 5) is 16.3. The van der Waals surface area contributed by atoms with Gasteiger partial charge in [0.25, 0.3) is 5.91 Å². The van der Waals surface area contributed by atoms with Crippen LogP contribution in [0.1, 0.15) is 21.5 Å². The van der Waals surface area contributed by atoms with Crippen molar-refractivity contribution in [3.8, 4) is 11.5 Å². The number of ether oxygens (including phenoxy) is 2. The van der Waals surface area contributed by atoms with E-state index in [9.17, 15) is 4.79 Å². The summed E-state index contributed by atoms with van der Waals surface area (Å²) in [5.41, 5.74) is 3.33. The van der Waals surface area contributed by atoms with Gasteiger partial charge in [-0.15, -0.1) is 0 Å². The lowest BCUT2D eigenvalue weighted by Crippen LogP contribution is -2.42. The molecule has 0 saturated carbocycles. The van der Waals surface area contributed by atoms with Gasteiger partial charge in [0.1, 0.15) is 17.3 Å². The highest BCUT2D eigenvalue weighted by atomic mass is 16.5. The van der Waals surface area contributed by atoms with Crippen LogP contribution in [-0.4, -0.2) is 17.7 Å². The third-order valence-corrected chi connectivity index (χ3v) is 5.49. The lowest BCUT2D eigenvalue weighted by Gasteiger charge is -2.41. The van der Waals surface area contributed by atoms with Crippen molar-refractivity contribution >= 4 is 18.2 Å². The van der Waals surface area contributed by atoms with E-state index in [1.165, 1.54) is 0 Å². The molecular formula is C25H15NO3. The number of carbonyl (C=O) groups excluding carboxylic acids is 1. The molecule has 2 aromatic carbocycles. The highest BCUT2D eigenvalue weighted by molar-refractivity contribution is 6.15. The van der Waals surface area contributed by atoms with Crippen LogP contribution in [0.5, 0.6) is 11.5 Å². The SMILES string of the molecule is O=C1N=Cc2ccc3c(c21)OC12C=C(Oc4ccccc4)C=CC1=CC=CC2=C3. The maximum absolute atomic E-state index is 12.4. The Morgan fingerprint density at radius 2 is 1.79 bits per heavy atom. The summed E-state index contributed by atoms with van der Waals surface area (Å²) in [7, 11) is 0. The number of nitrogens with zero attached hydrogens (tertiary/aromatic N) is 1. The summed E-state index contributed by atoms with van der Waals surface area (Å²) < 4.78 is 12.7. The lowest BCUT2D eigenvalue weighted by molar-refractivity contribution is 0.0998. The van der Waals surface area contributed by atoms with E-state index in [1.54, 1.807) is 6.21 Å². The zero-order valence-corrected chi connectivity index (χ0v) is 15.3. The van der Waals surface area contributed by atoms with Crippen LogP contribution in [-0.2, 0) is 0 Å². The van der Waals surface area contributed by atoms with Crippen molar-refractivity contribution in [1.29, 1.82) is 0 Å². The van der Waals surface area contributed by atoms with Crippen LogP contribution in [0.15, 0.2) is 101 Å². The molecule has 4 nitrogen and oxygen atoms in total. The smallest absolute Gasteiger partial charge is 0.281 e. The number of amides is 1. The molecule has 2 heterocycles. The van der Waals surface area contributed by atoms with Crippen molar-refractivity contribution in [2.45, 2.75) is 5.60 Å². The normalized spacial score (nSPS) is 22.5. The third kappa shape index (κ3) is 2.32. The van der Waals surface area contributed by atoms with Gasteiger partial charge in [-0.2, -0.15) is 0 Å². The predicted octanol–water partition coefficient (Wildman–Crippen LogP) is 4.80. The highest BCUT2D eigenvalue weighted by Gasteiger charge is 2.44. The van der Waals surface area contributed by atoms with Crippen LogP contribution in [0.2, 0.25) is 0 Å². The first-order valence-electron chi connectivity index (χ1n) is 9.42. The van der Waals surface area contributed by atoms with Crippen molar-refractivity contribution in [3.63, 3.8) is 0 Å². The fraction of sp³-hybridized carbons (Fsp3) is 0.0400. The van der Waals surface area contributed by atoms with E-state index in [2.05, 4.69) is 11.1 Å². The molecule has 1 spiro atoms. The van der Waals surface area contributed by atoms with Crippen molar-refractivity contribution < 1.29 is 14.3 Å². The Bertz CT molecular complexity index is 1260. The number of rotatable bonds is 2. The minimum Gasteiger partial charge on any atom is -0.472 e. The molecule has 4 aliphatic rings. The van der Waals surface area contributed by atoms with Gasteiger partial charge in [-0.1, -0.05) is 54.6 Å². The summed E-state index contributed by atoms with van der Waals surface area (Å²) in [6.45, 7) is 0. The third-order valence-electron chi connectivity index (χ3n) is 5.49. The predicted molar refractivity (Wildman–Crippen MR) is 111 cm³/mol. The van der Waals surface area contributed by atoms with Crippen molar-refractivity contribution in [2.75, 3.05) is 0 Å². The van der Waals surface area contributed by atoms with Gasteiger partial charge >= 0.3 is 0 Å². The summed E-state index contributed by atoms with van der Waals surface area (Å²) in [5.74, 6) is 1.75. The summed E-state index contributed by atoms with van der Waals surface area (Å²) in [6, 6.07) is 13.5. The van der Waals surface area contributed by atoms with E-state index in [4.69, 9.17) is 9.47 Å². The number of fused-ring (bicyclic) bond motifs is 3. The van der Waals surface area contributed by atoms with Gasteiger partial charge in [0.2, 0.25) is 0 Å². The van der Waals surface area contributed by atoms with Crippen LogP contribution in [0.25, 0.3) is 6.08 Å². The Morgan fingerprint density at radius 3 is 2.69 bits per heavy atom. The molecule has 0 radical (unpaired) electrons. The van der Waals surface area contributed by atoms with Gasteiger partial charge in [0, 0.05) is 34.6 Å².